The van der Waals surface area contributed by atoms with Gasteiger partial charge >= 0.3 is 0 Å². The Kier molecular flexibility index (Phi) is 3.92. The highest BCUT2D eigenvalue weighted by Crippen LogP contribution is 2.31. The zero-order valence-electron chi connectivity index (χ0n) is 10.1. The van der Waals surface area contributed by atoms with Crippen LogP contribution in [-0.4, -0.2) is 6.54 Å². The molecule has 2 rings (SSSR count). The lowest BCUT2D eigenvalue weighted by atomic mass is 10.1. The van der Waals surface area contributed by atoms with Gasteiger partial charge in [-0.05, 0) is 42.1 Å². The average molecular weight is 249 g/mol. The Bertz CT molecular complexity index is 505. The van der Waals surface area contributed by atoms with Crippen LogP contribution in [0.3, 0.4) is 0 Å². The predicted molar refractivity (Wildman–Crippen MR) is 71.8 cm³/mol. The Hall–Kier alpha value is -1.19. The minimum Gasteiger partial charge on any atom is -0.313 e. The molecule has 1 N–H and O–H groups in total. The number of thiophene rings is 1. The van der Waals surface area contributed by atoms with E-state index >= 15 is 0 Å². The molecule has 3 heteroatoms. The molecule has 2 aromatic rings. The van der Waals surface area contributed by atoms with Gasteiger partial charge in [-0.3, -0.25) is 0 Å². The van der Waals surface area contributed by atoms with Gasteiger partial charge in [0.1, 0.15) is 5.82 Å². The highest BCUT2D eigenvalue weighted by Gasteiger charge is 2.09. The predicted octanol–water partition coefficient (Wildman–Crippen LogP) is 3.97. The van der Waals surface area contributed by atoms with Crippen molar-refractivity contribution in [3.63, 3.8) is 0 Å². The molecule has 0 fully saturated rings. The van der Waals surface area contributed by atoms with E-state index in [-0.39, 0.29) is 5.82 Å². The van der Waals surface area contributed by atoms with Gasteiger partial charge in [0.15, 0.2) is 0 Å². The summed E-state index contributed by atoms with van der Waals surface area (Å²) in [4.78, 5) is 1.03. The van der Waals surface area contributed by atoms with Gasteiger partial charge < -0.3 is 5.32 Å². The summed E-state index contributed by atoms with van der Waals surface area (Å²) in [6.07, 6.45) is 0. The lowest BCUT2D eigenvalue weighted by molar-refractivity contribution is 0.625. The lowest BCUT2D eigenvalue weighted by Crippen LogP contribution is -2.11. The number of rotatable bonds is 4. The minimum atomic E-state index is -0.133. The second kappa shape index (κ2) is 5.43. The summed E-state index contributed by atoms with van der Waals surface area (Å²) < 4.78 is 14.0. The van der Waals surface area contributed by atoms with Crippen LogP contribution in [0.25, 0.3) is 10.4 Å². The molecule has 0 radical (unpaired) electrons. The Labute approximate surface area is 105 Å². The maximum atomic E-state index is 14.0. The van der Waals surface area contributed by atoms with E-state index in [0.717, 1.165) is 29.1 Å². The summed E-state index contributed by atoms with van der Waals surface area (Å²) in [6.45, 7) is 5.67. The van der Waals surface area contributed by atoms with Crippen LogP contribution in [0.2, 0.25) is 0 Å². The average Bonchev–Trinajstić information content (AvgIpc) is 2.73. The molecule has 0 aliphatic rings. The molecular weight excluding hydrogens is 233 g/mol. The molecule has 17 heavy (non-hydrogen) atoms. The molecule has 0 saturated carbocycles. The highest BCUT2D eigenvalue weighted by molar-refractivity contribution is 7.13. The van der Waals surface area contributed by atoms with Crippen molar-refractivity contribution < 1.29 is 4.39 Å². The summed E-state index contributed by atoms with van der Waals surface area (Å²) in [6, 6.07) is 7.50. The Morgan fingerprint density at radius 1 is 1.29 bits per heavy atom. The van der Waals surface area contributed by atoms with Gasteiger partial charge in [0.2, 0.25) is 0 Å². The van der Waals surface area contributed by atoms with E-state index in [4.69, 9.17) is 0 Å². The van der Waals surface area contributed by atoms with Crippen LogP contribution in [0.15, 0.2) is 29.6 Å². The monoisotopic (exact) mass is 249 g/mol. The summed E-state index contributed by atoms with van der Waals surface area (Å²) in [5.74, 6) is -0.133. The van der Waals surface area contributed by atoms with Crippen LogP contribution >= 0.6 is 11.3 Å². The van der Waals surface area contributed by atoms with Crippen molar-refractivity contribution in [1.82, 2.24) is 5.32 Å². The van der Waals surface area contributed by atoms with Gasteiger partial charge in [0.05, 0.1) is 0 Å². The lowest BCUT2D eigenvalue weighted by Gasteiger charge is -2.06. The third-order valence-corrected chi connectivity index (χ3v) is 3.77. The van der Waals surface area contributed by atoms with E-state index in [9.17, 15) is 4.39 Å². The number of aryl methyl sites for hydroxylation is 1. The van der Waals surface area contributed by atoms with Gasteiger partial charge in [-0.15, -0.1) is 11.3 Å². The fraction of sp³-hybridized carbons (Fsp3) is 0.286. The smallest absolute Gasteiger partial charge is 0.132 e. The molecule has 0 bridgehead atoms. The molecule has 0 amide bonds. The van der Waals surface area contributed by atoms with Crippen LogP contribution in [-0.2, 0) is 6.54 Å². The fourth-order valence-corrected chi connectivity index (χ4v) is 2.73. The Morgan fingerprint density at radius 3 is 2.71 bits per heavy atom. The van der Waals surface area contributed by atoms with Crippen LogP contribution in [0.5, 0.6) is 0 Å². The van der Waals surface area contributed by atoms with E-state index in [1.54, 1.807) is 17.4 Å². The van der Waals surface area contributed by atoms with Crippen molar-refractivity contribution in [2.45, 2.75) is 20.4 Å². The molecule has 1 nitrogen and oxygen atoms in total. The molecule has 1 aromatic heterocycles. The molecule has 0 saturated heterocycles. The quantitative estimate of drug-likeness (QED) is 0.864. The molecular formula is C14H16FNS. The number of hydrogen-bond donors (Lipinski definition) is 1. The van der Waals surface area contributed by atoms with E-state index in [0.29, 0.717) is 5.56 Å². The van der Waals surface area contributed by atoms with E-state index < -0.39 is 0 Å². The van der Waals surface area contributed by atoms with E-state index in [1.807, 2.05) is 37.4 Å². The van der Waals surface area contributed by atoms with Gasteiger partial charge in [0.25, 0.3) is 0 Å². The van der Waals surface area contributed by atoms with Crippen molar-refractivity contribution in [3.05, 3.63) is 46.6 Å². The van der Waals surface area contributed by atoms with Gasteiger partial charge in [-0.1, -0.05) is 19.1 Å². The zero-order chi connectivity index (χ0) is 12.3. The zero-order valence-corrected chi connectivity index (χ0v) is 10.9. The number of hydrogen-bond acceptors (Lipinski definition) is 2. The molecule has 0 unspecified atom stereocenters. The van der Waals surface area contributed by atoms with E-state index in [1.165, 1.54) is 0 Å². The summed E-state index contributed by atoms with van der Waals surface area (Å²) >= 11 is 1.58. The van der Waals surface area contributed by atoms with Gasteiger partial charge in [0, 0.05) is 17.0 Å². The normalized spacial score (nSPS) is 10.8. The first-order valence-corrected chi connectivity index (χ1v) is 6.64. The summed E-state index contributed by atoms with van der Waals surface area (Å²) in [7, 11) is 0. The van der Waals surface area contributed by atoms with Crippen molar-refractivity contribution in [2.75, 3.05) is 6.54 Å². The first kappa shape index (κ1) is 12.3. The fourth-order valence-electron chi connectivity index (χ4n) is 1.77. The number of nitrogens with one attached hydrogen (secondary N) is 1. The molecule has 90 valence electrons. The first-order valence-electron chi connectivity index (χ1n) is 5.76. The second-order valence-electron chi connectivity index (χ2n) is 4.03. The van der Waals surface area contributed by atoms with Crippen LogP contribution in [0, 0.1) is 12.7 Å². The number of halogens is 1. The highest BCUT2D eigenvalue weighted by atomic mass is 32.1. The molecule has 1 heterocycles. The topological polar surface area (TPSA) is 12.0 Å². The standard InChI is InChI=1S/C14H16FNS/c1-3-16-9-11-4-5-12(13(15)8-11)14-10(2)6-7-17-14/h4-8,16H,3,9H2,1-2H3. The third-order valence-electron chi connectivity index (χ3n) is 2.72. The summed E-state index contributed by atoms with van der Waals surface area (Å²) in [5.41, 5.74) is 2.83. The largest absolute Gasteiger partial charge is 0.313 e. The molecule has 0 atom stereocenters. The maximum absolute atomic E-state index is 14.0. The maximum Gasteiger partial charge on any atom is 0.132 e. The van der Waals surface area contributed by atoms with Crippen LogP contribution in [0.4, 0.5) is 4.39 Å². The SMILES string of the molecule is CCNCc1ccc(-c2sccc2C)c(F)c1. The molecule has 1 aromatic carbocycles. The van der Waals surface area contributed by atoms with Crippen LogP contribution < -0.4 is 5.32 Å². The third kappa shape index (κ3) is 2.73. The molecule has 0 spiro atoms. The minimum absolute atomic E-state index is 0.133. The number of benzene rings is 1. The Morgan fingerprint density at radius 2 is 2.12 bits per heavy atom. The first-order chi connectivity index (χ1) is 8.22. The van der Waals surface area contributed by atoms with Gasteiger partial charge in [-0.25, -0.2) is 4.39 Å². The molecule has 0 aliphatic carbocycles. The van der Waals surface area contributed by atoms with Gasteiger partial charge in [-0.2, -0.15) is 0 Å². The van der Waals surface area contributed by atoms with Crippen molar-refractivity contribution in [3.8, 4) is 10.4 Å². The molecule has 0 aliphatic heterocycles. The van der Waals surface area contributed by atoms with Crippen LogP contribution in [0.1, 0.15) is 18.1 Å². The van der Waals surface area contributed by atoms with Crippen molar-refractivity contribution in [2.24, 2.45) is 0 Å². The Balaban J connectivity index is 2.29. The second-order valence-corrected chi connectivity index (χ2v) is 4.94. The van der Waals surface area contributed by atoms with Crippen molar-refractivity contribution >= 4 is 11.3 Å². The van der Waals surface area contributed by atoms with E-state index in [2.05, 4.69) is 5.32 Å². The summed E-state index contributed by atoms with van der Waals surface area (Å²) in [5, 5.41) is 5.19. The van der Waals surface area contributed by atoms with Crippen molar-refractivity contribution in [1.29, 1.82) is 0 Å².